The van der Waals surface area contributed by atoms with Gasteiger partial charge in [0.25, 0.3) is 0 Å². The van der Waals surface area contributed by atoms with E-state index in [9.17, 15) is 4.79 Å². The van der Waals surface area contributed by atoms with E-state index in [-0.39, 0.29) is 17.8 Å². The normalized spacial score (nSPS) is 34.6. The quantitative estimate of drug-likeness (QED) is 0.574. The summed E-state index contributed by atoms with van der Waals surface area (Å²) >= 11 is 3.35. The molecule has 2 unspecified atom stereocenters. The van der Waals surface area contributed by atoms with E-state index in [0.717, 1.165) is 4.48 Å². The van der Waals surface area contributed by atoms with E-state index in [0.29, 0.717) is 6.61 Å². The Labute approximate surface area is 73.0 Å². The van der Waals surface area contributed by atoms with Gasteiger partial charge in [-0.2, -0.15) is 0 Å². The molecule has 2 nitrogen and oxygen atoms in total. The molecule has 1 heterocycles. The van der Waals surface area contributed by atoms with Gasteiger partial charge in [0.05, 0.1) is 12.5 Å². The van der Waals surface area contributed by atoms with Crippen molar-refractivity contribution in [2.24, 2.45) is 11.8 Å². The average molecular weight is 215 g/mol. The fourth-order valence-electron chi connectivity index (χ4n) is 1.38. The minimum Gasteiger partial charge on any atom is -0.465 e. The van der Waals surface area contributed by atoms with E-state index in [1.165, 1.54) is 0 Å². The van der Waals surface area contributed by atoms with Crippen molar-refractivity contribution in [1.82, 2.24) is 0 Å². The first kappa shape index (κ1) is 7.10. The number of ether oxygens (including phenoxy) is 1. The minimum absolute atomic E-state index is 0.0312. The Morgan fingerprint density at radius 2 is 2.45 bits per heavy atom. The molecule has 0 amide bonds. The number of hydrogen-bond acceptors (Lipinski definition) is 2. The number of carbonyl (C=O) groups excluding carboxylic acids is 1. The summed E-state index contributed by atoms with van der Waals surface area (Å²) in [6.07, 6.45) is 5.81. The van der Waals surface area contributed by atoms with Crippen molar-refractivity contribution in [3.8, 4) is 0 Å². The summed E-state index contributed by atoms with van der Waals surface area (Å²) in [5.74, 6) is 0.126. The van der Waals surface area contributed by atoms with E-state index in [1.807, 2.05) is 18.2 Å². The van der Waals surface area contributed by atoms with Crippen LogP contribution >= 0.6 is 15.9 Å². The monoisotopic (exact) mass is 214 g/mol. The van der Waals surface area contributed by atoms with Crippen molar-refractivity contribution in [1.29, 1.82) is 0 Å². The molecule has 0 saturated carbocycles. The highest BCUT2D eigenvalue weighted by Gasteiger charge is 2.34. The third kappa shape index (κ3) is 1.13. The van der Waals surface area contributed by atoms with Crippen LogP contribution in [0.4, 0.5) is 0 Å². The molecular formula is C8H7BrO2. The maximum absolute atomic E-state index is 11.0. The molecule has 0 spiro atoms. The predicted octanol–water partition coefficient (Wildman–Crippen LogP) is 1.62. The van der Waals surface area contributed by atoms with Crippen molar-refractivity contribution in [2.45, 2.75) is 0 Å². The van der Waals surface area contributed by atoms with Gasteiger partial charge in [0.1, 0.15) is 0 Å². The molecule has 0 bridgehead atoms. The summed E-state index contributed by atoms with van der Waals surface area (Å²) in [6.45, 7) is 0.531. The maximum Gasteiger partial charge on any atom is 0.313 e. The van der Waals surface area contributed by atoms with Crippen LogP contribution in [0, 0.1) is 11.8 Å². The molecule has 11 heavy (non-hydrogen) atoms. The van der Waals surface area contributed by atoms with Crippen LogP contribution in [-0.4, -0.2) is 12.6 Å². The summed E-state index contributed by atoms with van der Waals surface area (Å²) in [5, 5.41) is 0. The lowest BCUT2D eigenvalue weighted by atomic mass is 9.92. The molecule has 2 atom stereocenters. The van der Waals surface area contributed by atoms with Gasteiger partial charge in [-0.3, -0.25) is 4.79 Å². The number of allylic oxidation sites excluding steroid dienone is 2. The second-order valence-electron chi connectivity index (χ2n) is 2.73. The topological polar surface area (TPSA) is 26.3 Å². The molecule has 3 heteroatoms. The molecule has 2 rings (SSSR count). The lowest BCUT2D eigenvalue weighted by molar-refractivity contribution is -0.140. The highest BCUT2D eigenvalue weighted by molar-refractivity contribution is 9.11. The van der Waals surface area contributed by atoms with Gasteiger partial charge in [-0.25, -0.2) is 0 Å². The zero-order valence-electron chi connectivity index (χ0n) is 5.79. The summed E-state index contributed by atoms with van der Waals surface area (Å²) < 4.78 is 5.93. The summed E-state index contributed by atoms with van der Waals surface area (Å²) in [7, 11) is 0. The van der Waals surface area contributed by atoms with Crippen LogP contribution in [-0.2, 0) is 9.53 Å². The highest BCUT2D eigenvalue weighted by atomic mass is 79.9. The van der Waals surface area contributed by atoms with Crippen molar-refractivity contribution < 1.29 is 9.53 Å². The number of carbonyl (C=O) groups is 1. The van der Waals surface area contributed by atoms with Crippen LogP contribution in [0.25, 0.3) is 0 Å². The molecule has 1 saturated heterocycles. The first-order valence-corrected chi connectivity index (χ1v) is 4.29. The summed E-state index contributed by atoms with van der Waals surface area (Å²) in [6, 6.07) is 0. The molecule has 0 N–H and O–H groups in total. The zero-order chi connectivity index (χ0) is 7.84. The molecular weight excluding hydrogens is 208 g/mol. The fraction of sp³-hybridized carbons (Fsp3) is 0.375. The van der Waals surface area contributed by atoms with Crippen molar-refractivity contribution in [2.75, 3.05) is 6.61 Å². The molecule has 1 aliphatic heterocycles. The van der Waals surface area contributed by atoms with Gasteiger partial charge >= 0.3 is 5.97 Å². The van der Waals surface area contributed by atoms with Crippen LogP contribution < -0.4 is 0 Å². The van der Waals surface area contributed by atoms with Gasteiger partial charge in [-0.15, -0.1) is 0 Å². The minimum atomic E-state index is -0.0949. The first-order valence-electron chi connectivity index (χ1n) is 3.49. The molecule has 1 aliphatic carbocycles. The number of esters is 1. The lowest BCUT2D eigenvalue weighted by Crippen LogP contribution is -2.13. The number of hydrogen-bond donors (Lipinski definition) is 0. The number of fused-ring (bicyclic) bond motifs is 1. The SMILES string of the molecule is O=C1OCC2C=C(Br)C=CC12. The summed E-state index contributed by atoms with van der Waals surface area (Å²) in [4.78, 5) is 11.0. The highest BCUT2D eigenvalue weighted by Crippen LogP contribution is 2.31. The average Bonchev–Trinajstić information content (AvgIpc) is 2.32. The molecule has 58 valence electrons. The van der Waals surface area contributed by atoms with E-state index in [1.54, 1.807) is 0 Å². The lowest BCUT2D eigenvalue weighted by Gasteiger charge is -2.10. The molecule has 1 fully saturated rings. The second kappa shape index (κ2) is 2.48. The van der Waals surface area contributed by atoms with Crippen LogP contribution in [0.2, 0.25) is 0 Å². The number of rotatable bonds is 0. The molecule has 0 radical (unpaired) electrons. The van der Waals surface area contributed by atoms with Gasteiger partial charge < -0.3 is 4.74 Å². The number of halogens is 1. The Kier molecular flexibility index (Phi) is 1.60. The second-order valence-corrected chi connectivity index (χ2v) is 3.65. The Morgan fingerprint density at radius 1 is 1.64 bits per heavy atom. The third-order valence-corrected chi connectivity index (χ3v) is 2.52. The third-order valence-electron chi connectivity index (χ3n) is 1.99. The van der Waals surface area contributed by atoms with Gasteiger partial charge in [0.2, 0.25) is 0 Å². The van der Waals surface area contributed by atoms with Crippen LogP contribution in [0.1, 0.15) is 0 Å². The molecule has 0 aromatic rings. The van der Waals surface area contributed by atoms with E-state index < -0.39 is 0 Å². The standard InChI is InChI=1S/C8H7BrO2/c9-6-1-2-7-5(3-6)4-11-8(7)10/h1-3,5,7H,4H2. The zero-order valence-corrected chi connectivity index (χ0v) is 7.37. The first-order chi connectivity index (χ1) is 5.27. The Balaban J connectivity index is 2.27. The summed E-state index contributed by atoms with van der Waals surface area (Å²) in [5.41, 5.74) is 0. The van der Waals surface area contributed by atoms with E-state index in [4.69, 9.17) is 4.74 Å². The van der Waals surface area contributed by atoms with E-state index in [2.05, 4.69) is 15.9 Å². The Bertz CT molecular complexity index is 255. The Hall–Kier alpha value is -0.570. The largest absolute Gasteiger partial charge is 0.465 e. The number of cyclic esters (lactones) is 1. The van der Waals surface area contributed by atoms with E-state index >= 15 is 0 Å². The molecule has 0 aromatic carbocycles. The Morgan fingerprint density at radius 3 is 3.27 bits per heavy atom. The maximum atomic E-state index is 11.0. The van der Waals surface area contributed by atoms with Crippen LogP contribution in [0.3, 0.4) is 0 Å². The van der Waals surface area contributed by atoms with Gasteiger partial charge in [0.15, 0.2) is 0 Å². The van der Waals surface area contributed by atoms with Gasteiger partial charge in [0, 0.05) is 10.4 Å². The van der Waals surface area contributed by atoms with Gasteiger partial charge in [-0.05, 0) is 0 Å². The smallest absolute Gasteiger partial charge is 0.313 e. The van der Waals surface area contributed by atoms with Crippen LogP contribution in [0.15, 0.2) is 22.7 Å². The molecule has 2 aliphatic rings. The fourth-order valence-corrected chi connectivity index (χ4v) is 1.87. The predicted molar refractivity (Wildman–Crippen MR) is 44.1 cm³/mol. The van der Waals surface area contributed by atoms with Crippen molar-refractivity contribution in [3.05, 3.63) is 22.7 Å². The van der Waals surface area contributed by atoms with Crippen molar-refractivity contribution >= 4 is 21.9 Å². The molecule has 0 aromatic heterocycles. The van der Waals surface area contributed by atoms with Gasteiger partial charge in [-0.1, -0.05) is 34.2 Å². The van der Waals surface area contributed by atoms with Crippen molar-refractivity contribution in [3.63, 3.8) is 0 Å². The van der Waals surface area contributed by atoms with Crippen LogP contribution in [0.5, 0.6) is 0 Å².